The second kappa shape index (κ2) is 4.92. The molecule has 0 aromatic rings. The fourth-order valence-electron chi connectivity index (χ4n) is 2.27. The zero-order chi connectivity index (χ0) is 14.3. The van der Waals surface area contributed by atoms with Gasteiger partial charge in [-0.15, -0.1) is 0 Å². The molecule has 0 saturated carbocycles. The highest BCUT2D eigenvalue weighted by Gasteiger charge is 2.52. The maximum Gasteiger partial charge on any atom is 0.490 e. The van der Waals surface area contributed by atoms with E-state index in [1.165, 1.54) is 0 Å². The van der Waals surface area contributed by atoms with Gasteiger partial charge in [-0.2, -0.15) is 0 Å². The largest absolute Gasteiger partial charge is 0.490 e. The van der Waals surface area contributed by atoms with Crippen LogP contribution < -0.4 is 0 Å². The maximum atomic E-state index is 10.7. The minimum atomic E-state index is -0.785. The molecule has 5 nitrogen and oxygen atoms in total. The fourth-order valence-corrected chi connectivity index (χ4v) is 2.27. The van der Waals surface area contributed by atoms with E-state index in [9.17, 15) is 4.79 Å². The zero-order valence-electron chi connectivity index (χ0n) is 12.1. The van der Waals surface area contributed by atoms with E-state index in [4.69, 9.17) is 14.4 Å². The molecule has 1 saturated heterocycles. The van der Waals surface area contributed by atoms with Gasteiger partial charge in [0, 0.05) is 13.1 Å². The van der Waals surface area contributed by atoms with Gasteiger partial charge >= 0.3 is 13.1 Å². The number of carbonyl (C=O) groups is 1. The number of nitrogens with zero attached hydrogens (tertiary/aromatic N) is 1. The molecular formula is C13H22BNO4. The number of hydrogen-bond donors (Lipinski definition) is 1. The van der Waals surface area contributed by atoms with E-state index in [0.29, 0.717) is 6.54 Å². The Balaban J connectivity index is 1.99. The van der Waals surface area contributed by atoms with Gasteiger partial charge < -0.3 is 14.4 Å². The van der Waals surface area contributed by atoms with Crippen LogP contribution in [0.2, 0.25) is 0 Å². The summed E-state index contributed by atoms with van der Waals surface area (Å²) in [4.78, 5) is 12.6. The number of carboxylic acid groups (broad SMARTS) is 1. The molecule has 0 aromatic heterocycles. The first-order chi connectivity index (χ1) is 8.71. The molecule has 0 atom stereocenters. The summed E-state index contributed by atoms with van der Waals surface area (Å²) in [5.74, 6) is -0.785. The predicted molar refractivity (Wildman–Crippen MR) is 72.9 cm³/mol. The third-order valence-corrected chi connectivity index (χ3v) is 4.24. The zero-order valence-corrected chi connectivity index (χ0v) is 12.1. The van der Waals surface area contributed by atoms with Gasteiger partial charge in [0.1, 0.15) is 0 Å². The molecule has 0 spiro atoms. The van der Waals surface area contributed by atoms with E-state index in [0.717, 1.165) is 18.4 Å². The van der Waals surface area contributed by atoms with Crippen molar-refractivity contribution >= 4 is 13.1 Å². The van der Waals surface area contributed by atoms with Gasteiger partial charge in [0.25, 0.3) is 0 Å². The molecule has 19 heavy (non-hydrogen) atoms. The summed E-state index contributed by atoms with van der Waals surface area (Å²) >= 11 is 0. The second-order valence-electron chi connectivity index (χ2n) is 6.25. The van der Waals surface area contributed by atoms with Crippen LogP contribution in [0.25, 0.3) is 0 Å². The van der Waals surface area contributed by atoms with Crippen molar-refractivity contribution in [1.82, 2.24) is 4.90 Å². The predicted octanol–water partition coefficient (Wildman–Crippen LogP) is 1.33. The summed E-state index contributed by atoms with van der Waals surface area (Å²) in [6, 6.07) is 0. The molecule has 0 amide bonds. The van der Waals surface area contributed by atoms with Crippen LogP contribution in [0.4, 0.5) is 0 Å². The summed E-state index contributed by atoms with van der Waals surface area (Å²) in [6.45, 7) is 9.61. The van der Waals surface area contributed by atoms with Crippen LogP contribution in [-0.2, 0) is 14.1 Å². The van der Waals surface area contributed by atoms with Gasteiger partial charge in [-0.3, -0.25) is 9.69 Å². The normalized spacial score (nSPS) is 26.3. The van der Waals surface area contributed by atoms with Crippen molar-refractivity contribution in [2.24, 2.45) is 0 Å². The van der Waals surface area contributed by atoms with Crippen LogP contribution in [0, 0.1) is 0 Å². The van der Waals surface area contributed by atoms with Crippen molar-refractivity contribution in [1.29, 1.82) is 0 Å². The van der Waals surface area contributed by atoms with Gasteiger partial charge in [0.15, 0.2) is 0 Å². The van der Waals surface area contributed by atoms with Crippen molar-refractivity contribution in [3.05, 3.63) is 11.5 Å². The van der Waals surface area contributed by atoms with Crippen LogP contribution in [0.3, 0.4) is 0 Å². The third kappa shape index (κ3) is 3.01. The highest BCUT2D eigenvalue weighted by molar-refractivity contribution is 6.54. The molecule has 2 heterocycles. The fraction of sp³-hybridized carbons (Fsp3) is 0.769. The van der Waals surface area contributed by atoms with Crippen molar-refractivity contribution < 1.29 is 19.2 Å². The molecule has 1 fully saturated rings. The van der Waals surface area contributed by atoms with Crippen molar-refractivity contribution in [2.45, 2.75) is 45.3 Å². The van der Waals surface area contributed by atoms with Crippen LogP contribution in [0.15, 0.2) is 11.5 Å². The summed E-state index contributed by atoms with van der Waals surface area (Å²) in [6.07, 6.45) is 2.83. The molecule has 0 unspecified atom stereocenters. The first-order valence-corrected chi connectivity index (χ1v) is 6.70. The Morgan fingerprint density at radius 3 is 2.37 bits per heavy atom. The Labute approximate surface area is 114 Å². The lowest BCUT2D eigenvalue weighted by molar-refractivity contribution is -0.138. The third-order valence-electron chi connectivity index (χ3n) is 4.24. The highest BCUT2D eigenvalue weighted by atomic mass is 16.7. The first kappa shape index (κ1) is 14.6. The standard InChI is InChI=1S/C13H22BNO4/c1-12(2)13(3,4)19-14(18-12)10-5-7-15(8-6-10)9-11(16)17/h5H,6-9H2,1-4H3,(H,16,17). The minimum Gasteiger partial charge on any atom is -0.480 e. The smallest absolute Gasteiger partial charge is 0.480 e. The van der Waals surface area contributed by atoms with Crippen molar-refractivity contribution in [3.8, 4) is 0 Å². The van der Waals surface area contributed by atoms with Crippen LogP contribution in [-0.4, -0.2) is 53.9 Å². The first-order valence-electron chi connectivity index (χ1n) is 6.70. The molecule has 0 aromatic carbocycles. The quantitative estimate of drug-likeness (QED) is 0.782. The van der Waals surface area contributed by atoms with Gasteiger partial charge in [0.2, 0.25) is 0 Å². The molecular weight excluding hydrogens is 245 g/mol. The monoisotopic (exact) mass is 267 g/mol. The van der Waals surface area contributed by atoms with Crippen LogP contribution in [0.1, 0.15) is 34.1 Å². The SMILES string of the molecule is CC1(C)OB(C2=CCN(CC(=O)O)CC2)OC1(C)C. The maximum absolute atomic E-state index is 10.7. The Hall–Kier alpha value is -0.845. The Bertz CT molecular complexity index is 389. The summed E-state index contributed by atoms with van der Waals surface area (Å²) < 4.78 is 12.0. The number of rotatable bonds is 3. The second-order valence-corrected chi connectivity index (χ2v) is 6.25. The van der Waals surface area contributed by atoms with E-state index < -0.39 is 5.97 Å². The molecule has 106 valence electrons. The Morgan fingerprint density at radius 1 is 1.37 bits per heavy atom. The van der Waals surface area contributed by atoms with Crippen molar-refractivity contribution in [3.63, 3.8) is 0 Å². The topological polar surface area (TPSA) is 59.0 Å². The molecule has 2 aliphatic rings. The number of carboxylic acids is 1. The average Bonchev–Trinajstić information content (AvgIpc) is 2.48. The molecule has 0 aliphatic carbocycles. The van der Waals surface area contributed by atoms with E-state index in [1.807, 2.05) is 38.7 Å². The molecule has 2 rings (SSSR count). The van der Waals surface area contributed by atoms with E-state index in [-0.39, 0.29) is 24.9 Å². The van der Waals surface area contributed by atoms with E-state index >= 15 is 0 Å². The van der Waals surface area contributed by atoms with Gasteiger partial charge in [0.05, 0.1) is 17.7 Å². The number of hydrogen-bond acceptors (Lipinski definition) is 4. The number of aliphatic carboxylic acids is 1. The molecule has 6 heteroatoms. The van der Waals surface area contributed by atoms with Gasteiger partial charge in [-0.25, -0.2) is 0 Å². The van der Waals surface area contributed by atoms with Crippen LogP contribution >= 0.6 is 0 Å². The summed E-state index contributed by atoms with van der Waals surface area (Å²) in [5.41, 5.74) is 0.480. The van der Waals surface area contributed by atoms with Gasteiger partial charge in [-0.05, 0) is 39.6 Å². The summed E-state index contributed by atoms with van der Waals surface area (Å²) in [5, 5.41) is 8.77. The molecule has 1 N–H and O–H groups in total. The molecule has 0 radical (unpaired) electrons. The van der Waals surface area contributed by atoms with E-state index in [1.54, 1.807) is 0 Å². The van der Waals surface area contributed by atoms with E-state index in [2.05, 4.69) is 0 Å². The Morgan fingerprint density at radius 2 is 1.95 bits per heavy atom. The highest BCUT2D eigenvalue weighted by Crippen LogP contribution is 2.39. The lowest BCUT2D eigenvalue weighted by atomic mass is 9.75. The van der Waals surface area contributed by atoms with Crippen molar-refractivity contribution in [2.75, 3.05) is 19.6 Å². The lowest BCUT2D eigenvalue weighted by Gasteiger charge is -2.32. The minimum absolute atomic E-state index is 0.0904. The summed E-state index contributed by atoms with van der Waals surface area (Å²) in [7, 11) is -0.294. The lowest BCUT2D eigenvalue weighted by Crippen LogP contribution is -2.41. The molecule has 2 aliphatic heterocycles. The average molecular weight is 267 g/mol. The van der Waals surface area contributed by atoms with Crippen LogP contribution in [0.5, 0.6) is 0 Å². The Kier molecular flexibility index (Phi) is 3.77. The van der Waals surface area contributed by atoms with Gasteiger partial charge in [-0.1, -0.05) is 6.08 Å². The molecule has 0 bridgehead atoms.